The Bertz CT molecular complexity index is 823. The Morgan fingerprint density at radius 1 is 1.12 bits per heavy atom. The van der Waals surface area contributed by atoms with Gasteiger partial charge < -0.3 is 15.5 Å². The van der Waals surface area contributed by atoms with Gasteiger partial charge in [0.1, 0.15) is 6.04 Å². The number of nitrogens with one attached hydrogen (secondary N) is 2. The molecule has 0 aliphatic carbocycles. The first-order valence-electron chi connectivity index (χ1n) is 8.50. The molecule has 2 N–H and O–H groups in total. The van der Waals surface area contributed by atoms with Crippen LogP contribution in [0.15, 0.2) is 48.7 Å². The molecule has 1 aliphatic rings. The zero-order chi connectivity index (χ0) is 18.5. The quantitative estimate of drug-likeness (QED) is 0.794. The Kier molecular flexibility index (Phi) is 5.26. The van der Waals surface area contributed by atoms with E-state index in [-0.39, 0.29) is 12.5 Å². The highest BCUT2D eigenvalue weighted by Crippen LogP contribution is 2.35. The molecule has 134 valence electrons. The third kappa shape index (κ3) is 3.56. The van der Waals surface area contributed by atoms with Crippen LogP contribution in [0.4, 0.5) is 5.69 Å². The molecule has 7 nitrogen and oxygen atoms in total. The van der Waals surface area contributed by atoms with Crippen LogP contribution < -0.4 is 15.5 Å². The van der Waals surface area contributed by atoms with Crippen molar-refractivity contribution in [3.05, 3.63) is 59.9 Å². The molecule has 1 aromatic heterocycles. The van der Waals surface area contributed by atoms with E-state index in [2.05, 4.69) is 15.6 Å². The van der Waals surface area contributed by atoms with E-state index < -0.39 is 17.9 Å². The third-order valence-electron chi connectivity index (χ3n) is 4.14. The van der Waals surface area contributed by atoms with Crippen LogP contribution in [0.3, 0.4) is 0 Å². The molecule has 0 saturated carbocycles. The molecule has 0 spiro atoms. The van der Waals surface area contributed by atoms with Crippen LogP contribution in [0.1, 0.15) is 30.6 Å². The maximum Gasteiger partial charge on any atom is 0.310 e. The summed E-state index contributed by atoms with van der Waals surface area (Å²) in [4.78, 5) is 42.7. The van der Waals surface area contributed by atoms with Crippen molar-refractivity contribution in [2.75, 3.05) is 11.4 Å². The average Bonchev–Trinajstić information content (AvgIpc) is 2.93. The maximum absolute atomic E-state index is 12.7. The number of rotatable bonds is 5. The van der Waals surface area contributed by atoms with Gasteiger partial charge in [0.2, 0.25) is 0 Å². The van der Waals surface area contributed by atoms with Gasteiger partial charge in [0.25, 0.3) is 5.91 Å². The molecule has 3 amide bonds. The number of carbonyl (C=O) groups is 3. The lowest BCUT2D eigenvalue weighted by Crippen LogP contribution is -2.44. The highest BCUT2D eigenvalue weighted by molar-refractivity contribution is 6.35. The van der Waals surface area contributed by atoms with Gasteiger partial charge in [0.05, 0.1) is 12.2 Å². The van der Waals surface area contributed by atoms with Gasteiger partial charge in [-0.05, 0) is 24.6 Å². The lowest BCUT2D eigenvalue weighted by Gasteiger charge is -2.17. The number of benzene rings is 1. The molecular formula is C19H20N4O3. The highest BCUT2D eigenvalue weighted by Gasteiger charge is 2.38. The van der Waals surface area contributed by atoms with Crippen molar-refractivity contribution < 1.29 is 14.4 Å². The molecule has 2 aromatic rings. The molecule has 0 fully saturated rings. The van der Waals surface area contributed by atoms with Gasteiger partial charge in [0, 0.05) is 24.0 Å². The zero-order valence-corrected chi connectivity index (χ0v) is 14.4. The number of aromatic nitrogens is 1. The van der Waals surface area contributed by atoms with Crippen molar-refractivity contribution in [1.29, 1.82) is 0 Å². The van der Waals surface area contributed by atoms with E-state index in [1.165, 1.54) is 0 Å². The Morgan fingerprint density at radius 3 is 2.62 bits per heavy atom. The van der Waals surface area contributed by atoms with E-state index in [1.54, 1.807) is 35.4 Å². The zero-order valence-electron chi connectivity index (χ0n) is 14.4. The largest absolute Gasteiger partial charge is 0.342 e. The number of pyridine rings is 1. The lowest BCUT2D eigenvalue weighted by molar-refractivity contribution is -0.140. The number of hydrogen-bond acceptors (Lipinski definition) is 4. The number of nitrogens with zero attached hydrogens (tertiary/aromatic N) is 2. The molecule has 0 radical (unpaired) electrons. The van der Waals surface area contributed by atoms with Crippen molar-refractivity contribution in [1.82, 2.24) is 15.6 Å². The molecule has 26 heavy (non-hydrogen) atoms. The molecule has 1 unspecified atom stereocenters. The molecule has 1 atom stereocenters. The van der Waals surface area contributed by atoms with Gasteiger partial charge in [-0.2, -0.15) is 0 Å². The SMILES string of the molecule is CCCN1C(=O)C(NC(=O)C(=O)NCc2ccccn2)c2ccccc21. The summed E-state index contributed by atoms with van der Waals surface area (Å²) in [5, 5.41) is 5.06. The predicted octanol–water partition coefficient (Wildman–Crippen LogP) is 1.31. The number of amides is 3. The minimum absolute atomic E-state index is 0.143. The smallest absolute Gasteiger partial charge is 0.310 e. The van der Waals surface area contributed by atoms with Crippen molar-refractivity contribution in [2.45, 2.75) is 25.9 Å². The van der Waals surface area contributed by atoms with Crippen LogP contribution in [0.5, 0.6) is 0 Å². The molecule has 0 saturated heterocycles. The van der Waals surface area contributed by atoms with Crippen LogP contribution in [0, 0.1) is 0 Å². The van der Waals surface area contributed by atoms with Crippen molar-refractivity contribution in [3.8, 4) is 0 Å². The summed E-state index contributed by atoms with van der Waals surface area (Å²) < 4.78 is 0. The van der Waals surface area contributed by atoms with Crippen LogP contribution in [0.2, 0.25) is 0 Å². The molecule has 3 rings (SSSR count). The van der Waals surface area contributed by atoms with Gasteiger partial charge in [-0.25, -0.2) is 0 Å². The van der Waals surface area contributed by atoms with E-state index in [0.717, 1.165) is 12.1 Å². The number of carbonyl (C=O) groups excluding carboxylic acids is 3. The minimum Gasteiger partial charge on any atom is -0.342 e. The van der Waals surface area contributed by atoms with E-state index in [1.807, 2.05) is 25.1 Å². The number of fused-ring (bicyclic) bond motifs is 1. The second kappa shape index (κ2) is 7.77. The van der Waals surface area contributed by atoms with Gasteiger partial charge in [0.15, 0.2) is 0 Å². The summed E-state index contributed by atoms with van der Waals surface area (Å²) >= 11 is 0. The van der Waals surface area contributed by atoms with Gasteiger partial charge in [-0.1, -0.05) is 31.2 Å². The molecule has 7 heteroatoms. The van der Waals surface area contributed by atoms with Crippen molar-refractivity contribution in [2.24, 2.45) is 0 Å². The molecule has 1 aromatic carbocycles. The van der Waals surface area contributed by atoms with Crippen LogP contribution >= 0.6 is 0 Å². The lowest BCUT2D eigenvalue weighted by atomic mass is 10.1. The van der Waals surface area contributed by atoms with Crippen molar-refractivity contribution in [3.63, 3.8) is 0 Å². The summed E-state index contributed by atoms with van der Waals surface area (Å²) in [6, 6.07) is 11.8. The molecular weight excluding hydrogens is 332 g/mol. The molecule has 0 bridgehead atoms. The van der Waals surface area contributed by atoms with E-state index in [9.17, 15) is 14.4 Å². The number of anilines is 1. The first-order valence-corrected chi connectivity index (χ1v) is 8.50. The Balaban J connectivity index is 1.67. The van der Waals surface area contributed by atoms with Crippen LogP contribution in [-0.2, 0) is 20.9 Å². The standard InChI is InChI=1S/C19H20N4O3/c1-2-11-23-15-9-4-3-8-14(15)16(19(23)26)22-18(25)17(24)21-12-13-7-5-6-10-20-13/h3-10,16H,2,11-12H2,1H3,(H,21,24)(H,22,25). The number of hydrogen-bond donors (Lipinski definition) is 2. The normalized spacial score (nSPS) is 15.5. The predicted molar refractivity (Wildman–Crippen MR) is 96.1 cm³/mol. The Labute approximate surface area is 151 Å². The highest BCUT2D eigenvalue weighted by atomic mass is 16.2. The van der Waals surface area contributed by atoms with E-state index in [4.69, 9.17) is 0 Å². The Hall–Kier alpha value is -3.22. The van der Waals surface area contributed by atoms with E-state index in [0.29, 0.717) is 17.8 Å². The van der Waals surface area contributed by atoms with Gasteiger partial charge >= 0.3 is 11.8 Å². The molecule has 2 heterocycles. The van der Waals surface area contributed by atoms with E-state index >= 15 is 0 Å². The summed E-state index contributed by atoms with van der Waals surface area (Å²) in [6.45, 7) is 2.69. The second-order valence-corrected chi connectivity index (χ2v) is 5.96. The summed E-state index contributed by atoms with van der Waals surface area (Å²) in [5.74, 6) is -1.86. The van der Waals surface area contributed by atoms with Crippen LogP contribution in [0.25, 0.3) is 0 Å². The van der Waals surface area contributed by atoms with Gasteiger partial charge in [-0.15, -0.1) is 0 Å². The molecule has 1 aliphatic heterocycles. The first-order chi connectivity index (χ1) is 12.6. The fourth-order valence-electron chi connectivity index (χ4n) is 2.93. The Morgan fingerprint density at radius 2 is 1.88 bits per heavy atom. The number of para-hydroxylation sites is 1. The monoisotopic (exact) mass is 352 g/mol. The topological polar surface area (TPSA) is 91.4 Å². The third-order valence-corrected chi connectivity index (χ3v) is 4.14. The average molecular weight is 352 g/mol. The van der Waals surface area contributed by atoms with Crippen LogP contribution in [-0.4, -0.2) is 29.3 Å². The summed E-state index contributed by atoms with van der Waals surface area (Å²) in [7, 11) is 0. The fourth-order valence-corrected chi connectivity index (χ4v) is 2.93. The summed E-state index contributed by atoms with van der Waals surface area (Å²) in [6.07, 6.45) is 2.41. The second-order valence-electron chi connectivity index (χ2n) is 5.96. The van der Waals surface area contributed by atoms with Gasteiger partial charge in [-0.3, -0.25) is 19.4 Å². The fraction of sp³-hybridized carbons (Fsp3) is 0.263. The van der Waals surface area contributed by atoms with Crippen molar-refractivity contribution >= 4 is 23.4 Å². The first kappa shape index (κ1) is 17.6. The summed E-state index contributed by atoms with van der Waals surface area (Å²) in [5.41, 5.74) is 2.13. The maximum atomic E-state index is 12.7. The minimum atomic E-state index is -0.842.